The molecule has 4 rings (SSSR count). The summed E-state index contributed by atoms with van der Waals surface area (Å²) in [7, 11) is 0. The Hall–Kier alpha value is -1.67. The number of hydrogen-bond acceptors (Lipinski definition) is 0. The third-order valence-corrected chi connectivity index (χ3v) is 7.04. The highest BCUT2D eigenvalue weighted by molar-refractivity contribution is 6.30. The summed E-state index contributed by atoms with van der Waals surface area (Å²) in [5, 5.41) is 0.557. The molecule has 4 unspecified atom stereocenters. The third kappa shape index (κ3) is 4.03. The number of halogens is 3. The zero-order valence-corrected chi connectivity index (χ0v) is 17.1. The zero-order valence-electron chi connectivity index (χ0n) is 16.3. The Labute approximate surface area is 171 Å². The van der Waals surface area contributed by atoms with Crippen LogP contribution in [0.2, 0.25) is 5.02 Å². The van der Waals surface area contributed by atoms with E-state index in [-0.39, 0.29) is 11.5 Å². The minimum atomic E-state index is -0.476. The van der Waals surface area contributed by atoms with Crippen molar-refractivity contribution in [2.45, 2.75) is 51.4 Å². The number of allylic oxidation sites excluding steroid dienone is 2. The average molecular weight is 401 g/mol. The van der Waals surface area contributed by atoms with Gasteiger partial charge in [0.05, 0.1) is 5.56 Å². The lowest BCUT2D eigenvalue weighted by Crippen LogP contribution is -2.30. The maximum Gasteiger partial charge on any atom is 0.134 e. The van der Waals surface area contributed by atoms with Crippen LogP contribution in [0.4, 0.5) is 8.78 Å². The Kier molecular flexibility index (Phi) is 5.87. The standard InChI is InChI=1S/C25H27ClF2/c1-2-3-16-4-5-19-13-20(7-6-18(19)12-16)21-14-23(27)25(24(28)15-21)17-8-10-22(26)11-9-17/h2-3,8-11,14-16,18-20H,4-7,12-13H2,1H3/b3-2+. The van der Waals surface area contributed by atoms with Crippen molar-refractivity contribution < 1.29 is 8.78 Å². The third-order valence-electron chi connectivity index (χ3n) is 6.79. The van der Waals surface area contributed by atoms with Crippen molar-refractivity contribution >= 4 is 11.6 Å². The number of rotatable bonds is 3. The Morgan fingerprint density at radius 1 is 0.893 bits per heavy atom. The van der Waals surface area contributed by atoms with Gasteiger partial charge in [0.25, 0.3) is 0 Å². The lowest BCUT2D eigenvalue weighted by Gasteiger charge is -2.42. The SMILES string of the molecule is C/C=C/C1CCC2CC(c3cc(F)c(-c4ccc(Cl)cc4)c(F)c3)CCC2C1. The van der Waals surface area contributed by atoms with E-state index in [9.17, 15) is 8.78 Å². The van der Waals surface area contributed by atoms with Gasteiger partial charge in [0.15, 0.2) is 0 Å². The maximum atomic E-state index is 14.8. The first kappa shape index (κ1) is 19.6. The van der Waals surface area contributed by atoms with E-state index in [1.807, 2.05) is 0 Å². The van der Waals surface area contributed by atoms with Crippen LogP contribution in [0.15, 0.2) is 48.6 Å². The van der Waals surface area contributed by atoms with Crippen LogP contribution in [-0.4, -0.2) is 0 Å². The highest BCUT2D eigenvalue weighted by Gasteiger charge is 2.35. The van der Waals surface area contributed by atoms with Crippen LogP contribution in [0.5, 0.6) is 0 Å². The number of benzene rings is 2. The van der Waals surface area contributed by atoms with Gasteiger partial charge in [0, 0.05) is 5.02 Å². The molecule has 0 N–H and O–H groups in total. The molecule has 2 aromatic rings. The van der Waals surface area contributed by atoms with E-state index < -0.39 is 11.6 Å². The molecule has 0 aliphatic heterocycles. The zero-order chi connectivity index (χ0) is 19.7. The summed E-state index contributed by atoms with van der Waals surface area (Å²) in [6, 6.07) is 9.77. The van der Waals surface area contributed by atoms with E-state index in [2.05, 4.69) is 19.1 Å². The summed E-state index contributed by atoms with van der Waals surface area (Å²) in [4.78, 5) is 0. The van der Waals surface area contributed by atoms with Gasteiger partial charge in [-0.15, -0.1) is 0 Å². The van der Waals surface area contributed by atoms with Crippen molar-refractivity contribution in [1.82, 2.24) is 0 Å². The summed E-state index contributed by atoms with van der Waals surface area (Å²) in [5.41, 5.74) is 1.39. The topological polar surface area (TPSA) is 0 Å². The quantitative estimate of drug-likeness (QED) is 0.456. The smallest absolute Gasteiger partial charge is 0.134 e. The molecule has 2 aromatic carbocycles. The van der Waals surface area contributed by atoms with Crippen molar-refractivity contribution in [2.75, 3.05) is 0 Å². The van der Waals surface area contributed by atoms with Gasteiger partial charge in [-0.05, 0) is 105 Å². The first-order valence-corrected chi connectivity index (χ1v) is 10.8. The molecular weight excluding hydrogens is 374 g/mol. The predicted molar refractivity (Wildman–Crippen MR) is 113 cm³/mol. The summed E-state index contributed by atoms with van der Waals surface area (Å²) in [6.07, 6.45) is 11.5. The first-order chi connectivity index (χ1) is 13.5. The fraction of sp³-hybridized carbons (Fsp3) is 0.440. The molecule has 2 fully saturated rings. The molecule has 3 heteroatoms. The van der Waals surface area contributed by atoms with Gasteiger partial charge < -0.3 is 0 Å². The van der Waals surface area contributed by atoms with Gasteiger partial charge in [0.1, 0.15) is 11.6 Å². The van der Waals surface area contributed by atoms with Crippen molar-refractivity contribution in [3.63, 3.8) is 0 Å². The summed E-state index contributed by atoms with van der Waals surface area (Å²) in [5.74, 6) is 1.50. The minimum Gasteiger partial charge on any atom is -0.206 e. The van der Waals surface area contributed by atoms with E-state index in [0.29, 0.717) is 16.5 Å². The fourth-order valence-electron chi connectivity index (χ4n) is 5.40. The van der Waals surface area contributed by atoms with E-state index in [1.165, 1.54) is 25.7 Å². The maximum absolute atomic E-state index is 14.8. The number of fused-ring (bicyclic) bond motifs is 1. The summed E-state index contributed by atoms with van der Waals surface area (Å²) >= 11 is 5.90. The van der Waals surface area contributed by atoms with E-state index >= 15 is 0 Å². The molecule has 0 radical (unpaired) electrons. The highest BCUT2D eigenvalue weighted by atomic mass is 35.5. The Morgan fingerprint density at radius 3 is 2.21 bits per heavy atom. The molecule has 148 valence electrons. The van der Waals surface area contributed by atoms with E-state index in [1.54, 1.807) is 36.4 Å². The Balaban J connectivity index is 1.52. The van der Waals surface area contributed by atoms with Gasteiger partial charge in [0.2, 0.25) is 0 Å². The van der Waals surface area contributed by atoms with Crippen LogP contribution in [0, 0.1) is 29.4 Å². The van der Waals surface area contributed by atoms with Gasteiger partial charge >= 0.3 is 0 Å². The molecule has 2 aliphatic rings. The molecule has 0 amide bonds. The molecule has 0 heterocycles. The second-order valence-electron chi connectivity index (χ2n) is 8.50. The molecule has 0 bridgehead atoms. The fourth-order valence-corrected chi connectivity index (χ4v) is 5.52. The van der Waals surface area contributed by atoms with Gasteiger partial charge in [-0.1, -0.05) is 35.9 Å². The number of hydrogen-bond donors (Lipinski definition) is 0. The van der Waals surface area contributed by atoms with Crippen LogP contribution in [0.1, 0.15) is 56.9 Å². The summed E-state index contributed by atoms with van der Waals surface area (Å²) < 4.78 is 29.7. The van der Waals surface area contributed by atoms with Crippen LogP contribution in [0.3, 0.4) is 0 Å². The van der Waals surface area contributed by atoms with Crippen LogP contribution in [-0.2, 0) is 0 Å². The highest BCUT2D eigenvalue weighted by Crippen LogP contribution is 2.48. The van der Waals surface area contributed by atoms with E-state index in [4.69, 9.17) is 11.6 Å². The Morgan fingerprint density at radius 2 is 1.54 bits per heavy atom. The summed E-state index contributed by atoms with van der Waals surface area (Å²) in [6.45, 7) is 2.10. The van der Waals surface area contributed by atoms with Gasteiger partial charge in [-0.3, -0.25) is 0 Å². The molecule has 0 saturated heterocycles. The van der Waals surface area contributed by atoms with Crippen LogP contribution < -0.4 is 0 Å². The molecule has 2 saturated carbocycles. The molecule has 0 spiro atoms. The lowest BCUT2D eigenvalue weighted by atomic mass is 9.64. The van der Waals surface area contributed by atoms with Gasteiger partial charge in [-0.25, -0.2) is 8.78 Å². The first-order valence-electron chi connectivity index (χ1n) is 10.4. The molecule has 4 atom stereocenters. The predicted octanol–water partition coefficient (Wildman–Crippen LogP) is 8.16. The van der Waals surface area contributed by atoms with Crippen LogP contribution in [0.25, 0.3) is 11.1 Å². The van der Waals surface area contributed by atoms with Gasteiger partial charge in [-0.2, -0.15) is 0 Å². The van der Waals surface area contributed by atoms with Crippen molar-refractivity contribution in [2.24, 2.45) is 17.8 Å². The molecular formula is C25H27ClF2. The second kappa shape index (κ2) is 8.37. The molecule has 2 aliphatic carbocycles. The molecule has 0 nitrogen and oxygen atoms in total. The molecule has 0 aromatic heterocycles. The lowest BCUT2D eigenvalue weighted by molar-refractivity contribution is 0.133. The Bertz CT molecular complexity index is 832. The second-order valence-corrected chi connectivity index (χ2v) is 8.93. The van der Waals surface area contributed by atoms with Crippen molar-refractivity contribution in [3.8, 4) is 11.1 Å². The molecule has 28 heavy (non-hydrogen) atoms. The van der Waals surface area contributed by atoms with Crippen molar-refractivity contribution in [1.29, 1.82) is 0 Å². The van der Waals surface area contributed by atoms with Crippen LogP contribution >= 0.6 is 11.6 Å². The van der Waals surface area contributed by atoms with E-state index in [0.717, 1.165) is 30.2 Å². The average Bonchev–Trinajstić information content (AvgIpc) is 2.68. The van der Waals surface area contributed by atoms with Crippen molar-refractivity contribution in [3.05, 3.63) is 70.8 Å². The minimum absolute atomic E-state index is 0.0426. The largest absolute Gasteiger partial charge is 0.206 e. The normalized spacial score (nSPS) is 27.7. The monoisotopic (exact) mass is 400 g/mol.